The van der Waals surface area contributed by atoms with E-state index >= 15 is 0 Å². The summed E-state index contributed by atoms with van der Waals surface area (Å²) in [7, 11) is -4.14. The summed E-state index contributed by atoms with van der Waals surface area (Å²) in [6.45, 7) is -2.16. The summed E-state index contributed by atoms with van der Waals surface area (Å²) in [6.07, 6.45) is 4.75. The Morgan fingerprint density at radius 1 is 1.04 bits per heavy atom. The Labute approximate surface area is 290 Å². The van der Waals surface area contributed by atoms with E-state index in [1.807, 2.05) is 0 Å². The summed E-state index contributed by atoms with van der Waals surface area (Å²) in [5.74, 6) is -0.340. The van der Waals surface area contributed by atoms with Crippen LogP contribution in [0.3, 0.4) is 0 Å². The SMILES string of the molecule is O=C(OC(Cc1c(Cl)cncc1Cl)c1ccc(OC(F)F)c(OCC2CC2)c1)C1SCCN1S(=O)(=O)c1ccc(N2CCCC2=O)cc1. The molecule has 1 aromatic heterocycles. The fourth-order valence-electron chi connectivity index (χ4n) is 5.51. The number of carbonyl (C=O) groups is 2. The summed E-state index contributed by atoms with van der Waals surface area (Å²) < 4.78 is 71.6. The first-order valence-electron chi connectivity index (χ1n) is 15.2. The van der Waals surface area contributed by atoms with E-state index in [4.69, 9.17) is 32.7 Å². The highest BCUT2D eigenvalue weighted by Crippen LogP contribution is 2.39. The van der Waals surface area contributed by atoms with Gasteiger partial charge in [-0.25, -0.2) is 13.2 Å². The van der Waals surface area contributed by atoms with E-state index in [0.29, 0.717) is 48.1 Å². The van der Waals surface area contributed by atoms with Gasteiger partial charge in [0.25, 0.3) is 0 Å². The van der Waals surface area contributed by atoms with Crippen molar-refractivity contribution in [2.45, 2.75) is 55.1 Å². The molecule has 2 saturated heterocycles. The Bertz CT molecular complexity index is 1760. The molecule has 3 aliphatic rings. The predicted octanol–water partition coefficient (Wildman–Crippen LogP) is 6.50. The first-order chi connectivity index (χ1) is 23.0. The highest BCUT2D eigenvalue weighted by Gasteiger charge is 2.42. The van der Waals surface area contributed by atoms with E-state index < -0.39 is 34.1 Å². The fraction of sp³-hybridized carbons (Fsp3) is 0.406. The number of amides is 1. The van der Waals surface area contributed by atoms with Crippen LogP contribution in [0.2, 0.25) is 10.0 Å². The second kappa shape index (κ2) is 14.8. The molecule has 0 bridgehead atoms. The van der Waals surface area contributed by atoms with Crippen LogP contribution < -0.4 is 14.4 Å². The molecule has 2 unspecified atom stereocenters. The Hall–Kier alpha value is -3.17. The molecular weight excluding hydrogens is 711 g/mol. The highest BCUT2D eigenvalue weighted by atomic mass is 35.5. The Balaban J connectivity index is 1.27. The van der Waals surface area contributed by atoms with Crippen molar-refractivity contribution in [3.63, 3.8) is 0 Å². The summed E-state index contributed by atoms with van der Waals surface area (Å²) in [4.78, 5) is 31.5. The van der Waals surface area contributed by atoms with Crippen LogP contribution in [-0.4, -0.2) is 67.0 Å². The summed E-state index contributed by atoms with van der Waals surface area (Å²) in [5.41, 5.74) is 1.38. The minimum atomic E-state index is -4.14. The highest BCUT2D eigenvalue weighted by molar-refractivity contribution is 8.02. The molecule has 3 aromatic rings. The van der Waals surface area contributed by atoms with Crippen molar-refractivity contribution in [3.05, 3.63) is 76.0 Å². The zero-order valence-electron chi connectivity index (χ0n) is 25.4. The zero-order valence-corrected chi connectivity index (χ0v) is 28.5. The van der Waals surface area contributed by atoms with E-state index in [2.05, 4.69) is 9.72 Å². The van der Waals surface area contributed by atoms with E-state index in [0.717, 1.165) is 35.3 Å². The molecule has 0 N–H and O–H groups in total. The maximum atomic E-state index is 13.8. The van der Waals surface area contributed by atoms with Crippen molar-refractivity contribution in [2.75, 3.05) is 30.3 Å². The Morgan fingerprint density at radius 3 is 2.42 bits per heavy atom. The second-order valence-corrected chi connectivity index (χ2v) is 15.4. The van der Waals surface area contributed by atoms with Gasteiger partial charge in [-0.15, -0.1) is 11.8 Å². The van der Waals surface area contributed by atoms with Gasteiger partial charge in [-0.2, -0.15) is 13.1 Å². The number of halogens is 4. The van der Waals surface area contributed by atoms with Crippen LogP contribution in [0.1, 0.15) is 42.9 Å². The summed E-state index contributed by atoms with van der Waals surface area (Å²) >= 11 is 13.9. The first-order valence-corrected chi connectivity index (χ1v) is 18.5. The minimum Gasteiger partial charge on any atom is -0.489 e. The molecule has 256 valence electrons. The van der Waals surface area contributed by atoms with Gasteiger partial charge in [-0.3, -0.25) is 9.78 Å². The van der Waals surface area contributed by atoms with Crippen molar-refractivity contribution in [1.29, 1.82) is 0 Å². The molecule has 2 aromatic carbocycles. The van der Waals surface area contributed by atoms with Gasteiger partial charge in [-0.1, -0.05) is 29.3 Å². The monoisotopic (exact) mass is 741 g/mol. The number of carbonyl (C=O) groups excluding carboxylic acids is 2. The maximum Gasteiger partial charge on any atom is 0.387 e. The lowest BCUT2D eigenvalue weighted by Crippen LogP contribution is -2.40. The van der Waals surface area contributed by atoms with Crippen LogP contribution in [0.4, 0.5) is 14.5 Å². The Morgan fingerprint density at radius 2 is 1.77 bits per heavy atom. The van der Waals surface area contributed by atoms with Crippen molar-refractivity contribution in [2.24, 2.45) is 5.92 Å². The third kappa shape index (κ3) is 7.83. The molecule has 0 radical (unpaired) electrons. The topological polar surface area (TPSA) is 115 Å². The number of pyridine rings is 1. The van der Waals surface area contributed by atoms with Gasteiger partial charge >= 0.3 is 12.6 Å². The largest absolute Gasteiger partial charge is 0.489 e. The van der Waals surface area contributed by atoms with Gasteiger partial charge in [0.1, 0.15) is 6.10 Å². The molecule has 16 heteroatoms. The van der Waals surface area contributed by atoms with Gasteiger partial charge in [0.05, 0.1) is 21.5 Å². The van der Waals surface area contributed by atoms with E-state index in [-0.39, 0.29) is 45.3 Å². The van der Waals surface area contributed by atoms with Gasteiger partial charge in [0, 0.05) is 49.8 Å². The number of hydrogen-bond donors (Lipinski definition) is 0. The van der Waals surface area contributed by atoms with Crippen molar-refractivity contribution in [1.82, 2.24) is 9.29 Å². The number of esters is 1. The Kier molecular flexibility index (Phi) is 10.7. The zero-order chi connectivity index (χ0) is 34.0. The van der Waals surface area contributed by atoms with E-state index in [9.17, 15) is 26.8 Å². The average molecular weight is 743 g/mol. The van der Waals surface area contributed by atoms with Crippen LogP contribution in [-0.2, 0) is 30.8 Å². The maximum absolute atomic E-state index is 13.8. The smallest absolute Gasteiger partial charge is 0.387 e. The molecule has 10 nitrogen and oxygen atoms in total. The molecule has 6 rings (SSSR count). The molecule has 48 heavy (non-hydrogen) atoms. The number of benzene rings is 2. The molecule has 0 spiro atoms. The van der Waals surface area contributed by atoms with Gasteiger partial charge in [-0.05, 0) is 72.7 Å². The number of alkyl halides is 2. The summed E-state index contributed by atoms with van der Waals surface area (Å²) in [5, 5.41) is -0.789. The molecule has 2 atom stereocenters. The minimum absolute atomic E-state index is 0.0222. The fourth-order valence-corrected chi connectivity index (χ4v) is 9.08. The molecule has 1 saturated carbocycles. The van der Waals surface area contributed by atoms with Gasteiger partial charge in [0.2, 0.25) is 15.9 Å². The summed E-state index contributed by atoms with van der Waals surface area (Å²) in [6, 6.07) is 10.2. The molecule has 3 heterocycles. The molecular formula is C32H31Cl2F2N3O7S2. The van der Waals surface area contributed by atoms with Crippen LogP contribution in [0.5, 0.6) is 11.5 Å². The third-order valence-corrected chi connectivity index (χ3v) is 12.1. The number of nitrogens with zero attached hydrogens (tertiary/aromatic N) is 3. The number of hydrogen-bond acceptors (Lipinski definition) is 9. The quantitative estimate of drug-likeness (QED) is 0.181. The molecule has 1 amide bonds. The molecule has 3 fully saturated rings. The normalized spacial score (nSPS) is 19.1. The lowest BCUT2D eigenvalue weighted by molar-refractivity contribution is -0.150. The van der Waals surface area contributed by atoms with Crippen LogP contribution >= 0.6 is 35.0 Å². The average Bonchev–Trinajstić information content (AvgIpc) is 3.55. The second-order valence-electron chi connectivity index (χ2n) is 11.5. The van der Waals surface area contributed by atoms with Gasteiger partial charge in [0.15, 0.2) is 16.9 Å². The number of thioether (sulfide) groups is 1. The molecule has 2 aliphatic heterocycles. The number of sulfonamides is 1. The van der Waals surface area contributed by atoms with E-state index in [1.54, 1.807) is 17.0 Å². The molecule has 1 aliphatic carbocycles. The number of ether oxygens (including phenoxy) is 3. The predicted molar refractivity (Wildman–Crippen MR) is 176 cm³/mol. The number of aromatic nitrogens is 1. The standard InChI is InChI=1S/C32H31Cl2F2N3O7S2/c33-24-16-37-17-25(34)23(24)15-27(20-5-10-26(46-32(35)36)28(14-20)44-18-19-3-4-19)45-31(41)30-39(12-13-47-30)48(42,43)22-8-6-21(7-9-22)38-11-1-2-29(38)40/h5-10,14,16-17,19,27,30,32H,1-4,11-13,15,18H2. The van der Waals surface area contributed by atoms with Crippen LogP contribution in [0.15, 0.2) is 59.8 Å². The van der Waals surface area contributed by atoms with Crippen molar-refractivity contribution < 1.29 is 41.0 Å². The van der Waals surface area contributed by atoms with Crippen molar-refractivity contribution >= 4 is 62.6 Å². The lowest BCUT2D eigenvalue weighted by Gasteiger charge is -2.26. The number of anilines is 1. The number of rotatable bonds is 13. The lowest BCUT2D eigenvalue weighted by atomic mass is 10.0. The third-order valence-electron chi connectivity index (χ3n) is 8.21. The van der Waals surface area contributed by atoms with Crippen molar-refractivity contribution in [3.8, 4) is 11.5 Å². The first kappa shape index (κ1) is 34.7. The van der Waals surface area contributed by atoms with E-state index in [1.165, 1.54) is 42.7 Å². The van der Waals surface area contributed by atoms with Crippen LogP contribution in [0, 0.1) is 5.92 Å². The van der Waals surface area contributed by atoms with Gasteiger partial charge < -0.3 is 19.1 Å². The van der Waals surface area contributed by atoms with Crippen LogP contribution in [0.25, 0.3) is 0 Å².